The van der Waals surface area contributed by atoms with Crippen LogP contribution in [0, 0.1) is 12.8 Å². The number of carbonyl (C=O) groups excluding carboxylic acids is 1. The van der Waals surface area contributed by atoms with E-state index >= 15 is 0 Å². The third kappa shape index (κ3) is 5.74. The summed E-state index contributed by atoms with van der Waals surface area (Å²) < 4.78 is 1.68. The summed E-state index contributed by atoms with van der Waals surface area (Å²) in [4.78, 5) is 34.4. The Kier molecular flexibility index (Phi) is 8.07. The molecule has 192 valence electrons. The van der Waals surface area contributed by atoms with Crippen LogP contribution in [0.5, 0.6) is 0 Å². The second-order valence-electron chi connectivity index (χ2n) is 9.92. The van der Waals surface area contributed by atoms with Crippen LogP contribution in [0.2, 0.25) is 0 Å². The van der Waals surface area contributed by atoms with Gasteiger partial charge in [0.05, 0.1) is 22.6 Å². The number of fused-ring (bicyclic) bond motifs is 1. The van der Waals surface area contributed by atoms with Crippen molar-refractivity contribution in [2.24, 2.45) is 5.92 Å². The number of amides is 2. The molecule has 1 aromatic heterocycles. The Morgan fingerprint density at radius 1 is 1.00 bits per heavy atom. The molecule has 0 aliphatic carbocycles. The first-order valence-corrected chi connectivity index (χ1v) is 13.1. The minimum absolute atomic E-state index is 0.133. The number of aromatic nitrogens is 2. The first-order chi connectivity index (χ1) is 17.8. The highest BCUT2D eigenvalue weighted by molar-refractivity contribution is 5.89. The zero-order chi connectivity index (χ0) is 26.5. The van der Waals surface area contributed by atoms with Gasteiger partial charge in [-0.2, -0.15) is 0 Å². The van der Waals surface area contributed by atoms with Gasteiger partial charge in [0.25, 0.3) is 5.56 Å². The SMILES string of the molecule is CCc1ccc(-n2c(C(CC)N(CC(C)C)C(=O)Nc3cccc(C)c3)nc3ccccc3c2=O)cc1. The summed E-state index contributed by atoms with van der Waals surface area (Å²) in [6, 6.07) is 22.6. The van der Waals surface area contributed by atoms with E-state index < -0.39 is 6.04 Å². The highest BCUT2D eigenvalue weighted by atomic mass is 16.2. The molecule has 0 aliphatic heterocycles. The van der Waals surface area contributed by atoms with Crippen molar-refractivity contribution in [2.75, 3.05) is 11.9 Å². The van der Waals surface area contributed by atoms with E-state index in [0.29, 0.717) is 29.7 Å². The molecule has 6 nitrogen and oxygen atoms in total. The minimum atomic E-state index is -0.407. The van der Waals surface area contributed by atoms with Gasteiger partial charge < -0.3 is 10.2 Å². The maximum absolute atomic E-state index is 13.9. The van der Waals surface area contributed by atoms with Crippen molar-refractivity contribution >= 4 is 22.6 Å². The Bertz CT molecular complexity index is 1440. The lowest BCUT2D eigenvalue weighted by Gasteiger charge is -2.33. The number of hydrogen-bond donors (Lipinski definition) is 1. The number of anilines is 1. The van der Waals surface area contributed by atoms with E-state index in [9.17, 15) is 9.59 Å². The largest absolute Gasteiger partial charge is 0.322 e. The van der Waals surface area contributed by atoms with E-state index in [1.165, 1.54) is 5.56 Å². The normalized spacial score (nSPS) is 12.1. The molecule has 2 amide bonds. The maximum atomic E-state index is 13.9. The molecule has 0 saturated carbocycles. The van der Waals surface area contributed by atoms with Gasteiger partial charge in [0, 0.05) is 12.2 Å². The number of urea groups is 1. The number of aryl methyl sites for hydroxylation is 2. The van der Waals surface area contributed by atoms with Crippen LogP contribution in [0.25, 0.3) is 16.6 Å². The Morgan fingerprint density at radius 2 is 1.73 bits per heavy atom. The molecule has 0 radical (unpaired) electrons. The van der Waals surface area contributed by atoms with Crippen molar-refractivity contribution < 1.29 is 4.79 Å². The lowest BCUT2D eigenvalue weighted by atomic mass is 10.1. The van der Waals surface area contributed by atoms with Gasteiger partial charge in [0.1, 0.15) is 5.82 Å². The number of hydrogen-bond acceptors (Lipinski definition) is 3. The Labute approximate surface area is 219 Å². The van der Waals surface area contributed by atoms with E-state index in [1.54, 1.807) is 4.57 Å². The molecule has 0 bridgehead atoms. The topological polar surface area (TPSA) is 67.2 Å². The maximum Gasteiger partial charge on any atom is 0.322 e. The summed E-state index contributed by atoms with van der Waals surface area (Å²) in [5.74, 6) is 0.789. The summed E-state index contributed by atoms with van der Waals surface area (Å²) >= 11 is 0. The van der Waals surface area contributed by atoms with Crippen LogP contribution in [0.4, 0.5) is 10.5 Å². The summed E-state index contributed by atoms with van der Waals surface area (Å²) in [6.45, 7) is 10.8. The predicted molar refractivity (Wildman–Crippen MR) is 151 cm³/mol. The van der Waals surface area contributed by atoms with Crippen molar-refractivity contribution in [3.05, 3.63) is 100 Å². The van der Waals surface area contributed by atoms with E-state index in [2.05, 4.69) is 26.1 Å². The van der Waals surface area contributed by atoms with Crippen LogP contribution < -0.4 is 10.9 Å². The molecule has 1 heterocycles. The summed E-state index contributed by atoms with van der Waals surface area (Å²) in [6.07, 6.45) is 1.52. The molecular weight excluding hydrogens is 460 g/mol. The van der Waals surface area contributed by atoms with Gasteiger partial charge in [0.2, 0.25) is 0 Å². The highest BCUT2D eigenvalue weighted by Crippen LogP contribution is 2.28. The van der Waals surface area contributed by atoms with Crippen LogP contribution in [0.15, 0.2) is 77.6 Å². The van der Waals surface area contributed by atoms with E-state index in [0.717, 1.165) is 23.4 Å². The van der Waals surface area contributed by atoms with E-state index in [4.69, 9.17) is 4.98 Å². The van der Waals surface area contributed by atoms with Crippen LogP contribution in [0.3, 0.4) is 0 Å². The molecule has 1 N–H and O–H groups in total. The van der Waals surface area contributed by atoms with Gasteiger partial charge in [-0.25, -0.2) is 9.78 Å². The zero-order valence-electron chi connectivity index (χ0n) is 22.4. The fraction of sp³-hybridized carbons (Fsp3) is 0.323. The van der Waals surface area contributed by atoms with Gasteiger partial charge in [-0.3, -0.25) is 9.36 Å². The second-order valence-corrected chi connectivity index (χ2v) is 9.92. The molecule has 37 heavy (non-hydrogen) atoms. The van der Waals surface area contributed by atoms with E-state index in [-0.39, 0.29) is 17.5 Å². The van der Waals surface area contributed by atoms with Crippen molar-refractivity contribution in [2.45, 2.75) is 53.5 Å². The molecule has 0 aliphatic rings. The van der Waals surface area contributed by atoms with Crippen molar-refractivity contribution in [3.63, 3.8) is 0 Å². The number of para-hydroxylation sites is 1. The van der Waals surface area contributed by atoms with Gasteiger partial charge in [-0.1, -0.05) is 64.1 Å². The number of nitrogens with zero attached hydrogens (tertiary/aromatic N) is 3. The van der Waals surface area contributed by atoms with Crippen molar-refractivity contribution in [1.29, 1.82) is 0 Å². The molecule has 1 atom stereocenters. The molecule has 0 fully saturated rings. The number of rotatable bonds is 8. The zero-order valence-corrected chi connectivity index (χ0v) is 22.4. The molecule has 4 aromatic rings. The van der Waals surface area contributed by atoms with Crippen LogP contribution >= 0.6 is 0 Å². The fourth-order valence-electron chi connectivity index (χ4n) is 4.71. The second kappa shape index (κ2) is 11.4. The number of carbonyl (C=O) groups is 1. The molecule has 6 heteroatoms. The quantitative estimate of drug-likeness (QED) is 0.289. The van der Waals surface area contributed by atoms with Gasteiger partial charge in [-0.15, -0.1) is 0 Å². The third-order valence-electron chi connectivity index (χ3n) is 6.56. The average Bonchev–Trinajstić information content (AvgIpc) is 2.88. The fourth-order valence-corrected chi connectivity index (χ4v) is 4.71. The smallest absolute Gasteiger partial charge is 0.314 e. The Balaban J connectivity index is 1.87. The number of benzene rings is 3. The summed E-state index contributed by atoms with van der Waals surface area (Å²) in [7, 11) is 0. The van der Waals surface area contributed by atoms with Gasteiger partial charge >= 0.3 is 6.03 Å². The molecule has 1 unspecified atom stereocenters. The average molecular weight is 497 g/mol. The van der Waals surface area contributed by atoms with Crippen LogP contribution in [-0.4, -0.2) is 27.0 Å². The third-order valence-corrected chi connectivity index (χ3v) is 6.56. The lowest BCUT2D eigenvalue weighted by molar-refractivity contribution is 0.171. The number of nitrogens with one attached hydrogen (secondary N) is 1. The minimum Gasteiger partial charge on any atom is -0.314 e. The monoisotopic (exact) mass is 496 g/mol. The van der Waals surface area contributed by atoms with Gasteiger partial charge in [-0.05, 0) is 73.2 Å². The molecule has 4 rings (SSSR count). The first kappa shape index (κ1) is 26.1. The lowest BCUT2D eigenvalue weighted by Crippen LogP contribution is -2.42. The van der Waals surface area contributed by atoms with Crippen molar-refractivity contribution in [3.8, 4) is 5.69 Å². The Hall–Kier alpha value is -3.93. The predicted octanol–water partition coefficient (Wildman–Crippen LogP) is 6.90. The molecule has 3 aromatic carbocycles. The van der Waals surface area contributed by atoms with Crippen molar-refractivity contribution in [1.82, 2.24) is 14.5 Å². The molecule has 0 spiro atoms. The molecule has 0 saturated heterocycles. The standard InChI is InChI=1S/C31H36N4O2/c1-6-23-15-17-25(18-16-23)35-29(33-27-14-9-8-13-26(27)30(35)36)28(7-2)34(20-21(3)4)31(37)32-24-12-10-11-22(5)19-24/h8-19,21,28H,6-7,20H2,1-5H3,(H,32,37). The summed E-state index contributed by atoms with van der Waals surface area (Å²) in [5.41, 5.74) is 4.25. The summed E-state index contributed by atoms with van der Waals surface area (Å²) in [5, 5.41) is 3.63. The highest BCUT2D eigenvalue weighted by Gasteiger charge is 2.30. The van der Waals surface area contributed by atoms with Crippen LogP contribution in [-0.2, 0) is 6.42 Å². The van der Waals surface area contributed by atoms with E-state index in [1.807, 2.05) is 91.5 Å². The first-order valence-electron chi connectivity index (χ1n) is 13.1. The Morgan fingerprint density at radius 3 is 2.38 bits per heavy atom. The van der Waals surface area contributed by atoms with Gasteiger partial charge in [0.15, 0.2) is 0 Å². The van der Waals surface area contributed by atoms with Crippen LogP contribution in [0.1, 0.15) is 57.1 Å². The molecular formula is C31H36N4O2.